The van der Waals surface area contributed by atoms with Gasteiger partial charge in [0.2, 0.25) is 0 Å². The first-order valence-electron chi connectivity index (χ1n) is 7.03. The third-order valence-corrected chi connectivity index (χ3v) is 4.73. The van der Waals surface area contributed by atoms with Gasteiger partial charge >= 0.3 is 0 Å². The lowest BCUT2D eigenvalue weighted by Gasteiger charge is -2.07. The highest BCUT2D eigenvalue weighted by atomic mass is 35.5. The molecule has 5 nitrogen and oxygen atoms in total. The van der Waals surface area contributed by atoms with Crippen LogP contribution in [0, 0.1) is 34.0 Å². The van der Waals surface area contributed by atoms with Gasteiger partial charge < -0.3 is 5.32 Å². The summed E-state index contributed by atoms with van der Waals surface area (Å²) in [6, 6.07) is 18.1. The van der Waals surface area contributed by atoms with Crippen molar-refractivity contribution in [2.75, 3.05) is 5.32 Å². The van der Waals surface area contributed by atoms with Crippen LogP contribution in [0.4, 0.5) is 5.69 Å². The lowest BCUT2D eigenvalue weighted by Crippen LogP contribution is -2.00. The number of fused-ring (bicyclic) bond motifs is 1. The summed E-state index contributed by atoms with van der Waals surface area (Å²) in [6.45, 7) is 0. The van der Waals surface area contributed by atoms with Crippen molar-refractivity contribution >= 4 is 38.8 Å². The molecule has 25 heavy (non-hydrogen) atoms. The minimum Gasteiger partial charge on any atom is -0.345 e. The molecule has 0 aliphatic rings. The molecular formula is C18H8ClN5S. The van der Waals surface area contributed by atoms with Crippen LogP contribution in [0.25, 0.3) is 20.8 Å². The second kappa shape index (κ2) is 7.03. The average molecular weight is 362 g/mol. The molecule has 1 N–H and O–H groups in total. The van der Waals surface area contributed by atoms with E-state index in [1.165, 1.54) is 11.3 Å². The number of anilines is 1. The van der Waals surface area contributed by atoms with Crippen LogP contribution in [0.1, 0.15) is 0 Å². The van der Waals surface area contributed by atoms with Gasteiger partial charge in [0.15, 0.2) is 5.57 Å². The van der Waals surface area contributed by atoms with E-state index in [1.54, 1.807) is 36.4 Å². The molecule has 118 valence electrons. The number of allylic oxidation sites excluding steroid dienone is 2. The van der Waals surface area contributed by atoms with Crippen molar-refractivity contribution in [2.24, 2.45) is 0 Å². The molecule has 0 amide bonds. The van der Waals surface area contributed by atoms with Gasteiger partial charge in [0.25, 0.3) is 0 Å². The molecule has 0 spiro atoms. The molecule has 0 fully saturated rings. The topological polar surface area (TPSA) is 96.3 Å². The molecule has 0 saturated heterocycles. The smallest absolute Gasteiger partial charge is 0.163 e. The maximum absolute atomic E-state index is 9.09. The van der Waals surface area contributed by atoms with Gasteiger partial charge in [-0.15, -0.1) is 11.3 Å². The highest BCUT2D eigenvalue weighted by molar-refractivity contribution is 7.21. The van der Waals surface area contributed by atoms with Gasteiger partial charge in [-0.1, -0.05) is 23.7 Å². The van der Waals surface area contributed by atoms with E-state index in [0.717, 1.165) is 20.8 Å². The van der Waals surface area contributed by atoms with Crippen LogP contribution < -0.4 is 5.32 Å². The molecule has 0 saturated carbocycles. The Morgan fingerprint density at radius 3 is 2.44 bits per heavy atom. The van der Waals surface area contributed by atoms with Crippen molar-refractivity contribution in [1.29, 1.82) is 15.8 Å². The van der Waals surface area contributed by atoms with Crippen molar-refractivity contribution in [3.05, 3.63) is 58.8 Å². The van der Waals surface area contributed by atoms with Crippen molar-refractivity contribution in [3.8, 4) is 28.8 Å². The molecule has 0 radical (unpaired) electrons. The van der Waals surface area contributed by atoms with Crippen molar-refractivity contribution in [3.63, 3.8) is 0 Å². The Hall–Kier alpha value is -3.37. The van der Waals surface area contributed by atoms with E-state index in [9.17, 15) is 0 Å². The minimum absolute atomic E-state index is 0.117. The van der Waals surface area contributed by atoms with E-state index in [4.69, 9.17) is 27.4 Å². The van der Waals surface area contributed by atoms with Gasteiger partial charge in [0.05, 0.1) is 15.2 Å². The molecule has 7 heteroatoms. The number of thiazole rings is 1. The van der Waals surface area contributed by atoms with Gasteiger partial charge in [0.1, 0.15) is 28.9 Å². The van der Waals surface area contributed by atoms with E-state index in [-0.39, 0.29) is 11.3 Å². The van der Waals surface area contributed by atoms with Crippen LogP contribution >= 0.6 is 22.9 Å². The Morgan fingerprint density at radius 2 is 1.80 bits per heavy atom. The predicted octanol–water partition coefficient (Wildman–Crippen LogP) is 4.85. The summed E-state index contributed by atoms with van der Waals surface area (Å²) < 4.78 is 1.07. The Balaban J connectivity index is 1.97. The standard InChI is InChI=1S/C18H8ClN5S/c19-14-7-12(23-16(10-22)11(8-20)9-21)5-6-13(14)18-24-15-3-1-2-4-17(15)25-18/h1-7,23H. The normalized spacial score (nSPS) is 9.68. The maximum atomic E-state index is 9.09. The zero-order valence-electron chi connectivity index (χ0n) is 12.6. The van der Waals surface area contributed by atoms with Crippen LogP contribution in [-0.2, 0) is 0 Å². The van der Waals surface area contributed by atoms with Gasteiger partial charge in [-0.2, -0.15) is 15.8 Å². The summed E-state index contributed by atoms with van der Waals surface area (Å²) in [4.78, 5) is 4.57. The van der Waals surface area contributed by atoms with Crippen LogP contribution in [-0.4, -0.2) is 4.98 Å². The first kappa shape index (κ1) is 16.5. The Labute approximate surface area is 152 Å². The Kier molecular flexibility index (Phi) is 4.64. The molecule has 0 atom stereocenters. The molecule has 3 aromatic rings. The fraction of sp³-hybridized carbons (Fsp3) is 0. The third-order valence-electron chi connectivity index (χ3n) is 3.35. The third kappa shape index (κ3) is 3.29. The fourth-order valence-corrected chi connectivity index (χ4v) is 3.51. The summed E-state index contributed by atoms with van der Waals surface area (Å²) >= 11 is 7.90. The number of nitrogens with zero attached hydrogens (tertiary/aromatic N) is 4. The average Bonchev–Trinajstić information content (AvgIpc) is 3.05. The van der Waals surface area contributed by atoms with E-state index in [1.807, 2.05) is 24.3 Å². The highest BCUT2D eigenvalue weighted by Gasteiger charge is 2.12. The van der Waals surface area contributed by atoms with E-state index >= 15 is 0 Å². The molecule has 1 heterocycles. The van der Waals surface area contributed by atoms with Crippen LogP contribution in [0.3, 0.4) is 0 Å². The summed E-state index contributed by atoms with van der Waals surface area (Å²) in [6.07, 6.45) is 0. The van der Waals surface area contributed by atoms with Crippen LogP contribution in [0.15, 0.2) is 53.7 Å². The molecule has 3 rings (SSSR count). The monoisotopic (exact) mass is 361 g/mol. The fourth-order valence-electron chi connectivity index (χ4n) is 2.18. The number of benzene rings is 2. The van der Waals surface area contributed by atoms with Crippen LogP contribution in [0.5, 0.6) is 0 Å². The maximum Gasteiger partial charge on any atom is 0.163 e. The molecule has 2 aromatic carbocycles. The number of nitrogens with one attached hydrogen (secondary N) is 1. The predicted molar refractivity (Wildman–Crippen MR) is 97.6 cm³/mol. The Morgan fingerprint density at radius 1 is 1.04 bits per heavy atom. The lowest BCUT2D eigenvalue weighted by atomic mass is 10.2. The summed E-state index contributed by atoms with van der Waals surface area (Å²) in [5.74, 6) is 0. The van der Waals surface area contributed by atoms with Crippen LogP contribution in [0.2, 0.25) is 5.02 Å². The van der Waals surface area contributed by atoms with Crippen molar-refractivity contribution < 1.29 is 0 Å². The van der Waals surface area contributed by atoms with Gasteiger partial charge in [-0.05, 0) is 30.3 Å². The van der Waals surface area contributed by atoms with Gasteiger partial charge in [-0.3, -0.25) is 0 Å². The second-order valence-corrected chi connectivity index (χ2v) is 6.33. The molecule has 0 bridgehead atoms. The molecule has 0 unspecified atom stereocenters. The van der Waals surface area contributed by atoms with Crippen molar-refractivity contribution in [1.82, 2.24) is 4.98 Å². The lowest BCUT2D eigenvalue weighted by molar-refractivity contribution is 1.37. The molecule has 1 aromatic heterocycles. The second-order valence-electron chi connectivity index (χ2n) is 4.89. The number of nitriles is 3. The van der Waals surface area contributed by atoms with E-state index in [2.05, 4.69) is 10.3 Å². The van der Waals surface area contributed by atoms with Gasteiger partial charge in [-0.25, -0.2) is 4.98 Å². The number of rotatable bonds is 3. The number of aromatic nitrogens is 1. The van der Waals surface area contributed by atoms with Gasteiger partial charge in [0, 0.05) is 11.3 Å². The number of hydrogen-bond acceptors (Lipinski definition) is 6. The zero-order valence-corrected chi connectivity index (χ0v) is 14.2. The summed E-state index contributed by atoms with van der Waals surface area (Å²) in [5, 5.41) is 30.8. The highest BCUT2D eigenvalue weighted by Crippen LogP contribution is 2.35. The summed E-state index contributed by atoms with van der Waals surface area (Å²) in [5.41, 5.74) is 1.79. The van der Waals surface area contributed by atoms with E-state index in [0.29, 0.717) is 10.7 Å². The van der Waals surface area contributed by atoms with E-state index < -0.39 is 0 Å². The SMILES string of the molecule is N#CC(C#N)=C(C#N)Nc1ccc(-c2nc3ccccc3s2)c(Cl)c1. The zero-order chi connectivity index (χ0) is 17.8. The number of halogens is 1. The minimum atomic E-state index is -0.283. The molecular weight excluding hydrogens is 354 g/mol. The first-order chi connectivity index (χ1) is 12.2. The number of para-hydroxylation sites is 1. The largest absolute Gasteiger partial charge is 0.345 e. The Bertz CT molecular complexity index is 1080. The number of hydrogen-bond donors (Lipinski definition) is 1. The van der Waals surface area contributed by atoms with Crippen molar-refractivity contribution in [2.45, 2.75) is 0 Å². The molecule has 0 aliphatic carbocycles. The molecule has 0 aliphatic heterocycles. The first-order valence-corrected chi connectivity index (χ1v) is 8.23. The summed E-state index contributed by atoms with van der Waals surface area (Å²) in [7, 11) is 0. The quantitative estimate of drug-likeness (QED) is 0.672.